The highest BCUT2D eigenvalue weighted by atomic mass is 35.5. The van der Waals surface area contributed by atoms with E-state index in [-0.39, 0.29) is 11.8 Å². The molecule has 0 heterocycles. The van der Waals surface area contributed by atoms with Crippen LogP contribution in [0.1, 0.15) is 41.6 Å². The van der Waals surface area contributed by atoms with Gasteiger partial charge in [-0.1, -0.05) is 41.9 Å². The molecule has 0 aliphatic heterocycles. The maximum absolute atomic E-state index is 12.4. The van der Waals surface area contributed by atoms with Gasteiger partial charge in [0.2, 0.25) is 10.0 Å². The van der Waals surface area contributed by atoms with Crippen LogP contribution in [-0.4, -0.2) is 8.42 Å². The van der Waals surface area contributed by atoms with Gasteiger partial charge < -0.3 is 0 Å². The minimum absolute atomic E-state index is 0.0422. The molecule has 0 spiro atoms. The molecular weight excluding hydrogens is 330 g/mol. The van der Waals surface area contributed by atoms with Crippen LogP contribution < -0.4 is 4.72 Å². The Morgan fingerprint density at radius 2 is 1.78 bits per heavy atom. The minimum Gasteiger partial charge on any atom is -0.212 e. The number of rotatable bonds is 5. The molecule has 5 heteroatoms. The molecule has 1 aliphatic rings. The first kappa shape index (κ1) is 16.5. The van der Waals surface area contributed by atoms with E-state index in [0.29, 0.717) is 5.02 Å². The monoisotopic (exact) mass is 349 g/mol. The molecule has 2 aromatic rings. The third-order valence-corrected chi connectivity index (χ3v) is 5.93. The fourth-order valence-corrected chi connectivity index (χ4v) is 4.56. The molecule has 23 heavy (non-hydrogen) atoms. The first-order chi connectivity index (χ1) is 10.9. The van der Waals surface area contributed by atoms with Crippen LogP contribution in [-0.2, 0) is 28.6 Å². The highest BCUT2D eigenvalue weighted by Crippen LogP contribution is 2.25. The van der Waals surface area contributed by atoms with Gasteiger partial charge in [-0.3, -0.25) is 0 Å². The van der Waals surface area contributed by atoms with E-state index in [9.17, 15) is 8.42 Å². The van der Waals surface area contributed by atoms with Gasteiger partial charge >= 0.3 is 0 Å². The Morgan fingerprint density at radius 3 is 2.52 bits per heavy atom. The average Bonchev–Trinajstić information content (AvgIpc) is 2.96. The van der Waals surface area contributed by atoms with Crippen LogP contribution in [0.2, 0.25) is 5.02 Å². The molecule has 0 amide bonds. The highest BCUT2D eigenvalue weighted by molar-refractivity contribution is 7.88. The van der Waals surface area contributed by atoms with E-state index in [1.165, 1.54) is 17.5 Å². The molecule has 0 saturated carbocycles. The van der Waals surface area contributed by atoms with Crippen molar-refractivity contribution < 1.29 is 8.42 Å². The van der Waals surface area contributed by atoms with Gasteiger partial charge in [-0.2, -0.15) is 0 Å². The van der Waals surface area contributed by atoms with E-state index in [1.807, 2.05) is 13.0 Å². The number of fused-ring (bicyclic) bond motifs is 1. The number of aryl methyl sites for hydroxylation is 2. The lowest BCUT2D eigenvalue weighted by atomic mass is 10.0. The predicted octanol–water partition coefficient (Wildman–Crippen LogP) is 4.01. The van der Waals surface area contributed by atoms with Crippen molar-refractivity contribution in [3.05, 3.63) is 69.7 Å². The van der Waals surface area contributed by atoms with Crippen molar-refractivity contribution in [2.75, 3.05) is 0 Å². The second-order valence-corrected chi connectivity index (χ2v) is 8.30. The number of benzene rings is 2. The first-order valence-corrected chi connectivity index (χ1v) is 9.82. The van der Waals surface area contributed by atoms with Crippen molar-refractivity contribution in [1.82, 2.24) is 4.72 Å². The zero-order chi connectivity index (χ0) is 16.4. The van der Waals surface area contributed by atoms with Gasteiger partial charge in [-0.05, 0) is 60.6 Å². The molecule has 0 radical (unpaired) electrons. The van der Waals surface area contributed by atoms with E-state index in [1.54, 1.807) is 24.3 Å². The third kappa shape index (κ3) is 4.14. The van der Waals surface area contributed by atoms with Crippen LogP contribution in [0.3, 0.4) is 0 Å². The van der Waals surface area contributed by atoms with Crippen LogP contribution >= 0.6 is 11.6 Å². The Labute approximate surface area is 142 Å². The average molecular weight is 350 g/mol. The van der Waals surface area contributed by atoms with E-state index in [0.717, 1.165) is 24.0 Å². The van der Waals surface area contributed by atoms with E-state index >= 15 is 0 Å². The van der Waals surface area contributed by atoms with Gasteiger partial charge in [0, 0.05) is 11.1 Å². The normalized spacial score (nSPS) is 15.4. The molecule has 3 rings (SSSR count). The van der Waals surface area contributed by atoms with E-state index in [2.05, 4.69) is 16.9 Å². The molecule has 0 saturated heterocycles. The van der Waals surface area contributed by atoms with Crippen molar-refractivity contribution >= 4 is 21.6 Å². The number of nitrogens with one attached hydrogen (secondary N) is 1. The fourth-order valence-electron chi connectivity index (χ4n) is 3.04. The smallest absolute Gasteiger partial charge is 0.212 e. The standard InChI is InChI=1S/C18H20ClNO2S/c1-13(16-8-7-15-3-2-4-17(15)11-16)20-23(21,22)12-14-5-9-18(19)10-6-14/h5-11,13,20H,2-4,12H2,1H3/t13-/m1/s1. The Kier molecular flexibility index (Phi) is 4.76. The number of hydrogen-bond donors (Lipinski definition) is 1. The zero-order valence-electron chi connectivity index (χ0n) is 13.0. The topological polar surface area (TPSA) is 46.2 Å². The Hall–Kier alpha value is -1.36. The summed E-state index contributed by atoms with van der Waals surface area (Å²) < 4.78 is 27.5. The molecule has 0 fully saturated rings. The Bertz CT molecular complexity index is 800. The molecule has 2 aromatic carbocycles. The molecule has 1 atom stereocenters. The van der Waals surface area contributed by atoms with Crippen molar-refractivity contribution in [1.29, 1.82) is 0 Å². The lowest BCUT2D eigenvalue weighted by Crippen LogP contribution is -2.28. The summed E-state index contributed by atoms with van der Waals surface area (Å²) in [5, 5.41) is 0.602. The molecule has 1 N–H and O–H groups in total. The van der Waals surface area contributed by atoms with Crippen LogP contribution in [0.4, 0.5) is 0 Å². The summed E-state index contributed by atoms with van der Waals surface area (Å²) in [6, 6.07) is 12.9. The Balaban J connectivity index is 1.70. The molecule has 122 valence electrons. The first-order valence-electron chi connectivity index (χ1n) is 7.79. The van der Waals surface area contributed by atoms with Gasteiger partial charge in [0.1, 0.15) is 0 Å². The van der Waals surface area contributed by atoms with Gasteiger partial charge in [0.25, 0.3) is 0 Å². The second-order valence-electron chi connectivity index (χ2n) is 6.11. The molecule has 1 aliphatic carbocycles. The maximum atomic E-state index is 12.4. The minimum atomic E-state index is -3.40. The van der Waals surface area contributed by atoms with Crippen molar-refractivity contribution in [3.8, 4) is 0 Å². The summed E-state index contributed by atoms with van der Waals surface area (Å²) in [7, 11) is -3.40. The third-order valence-electron chi connectivity index (χ3n) is 4.25. The van der Waals surface area contributed by atoms with E-state index < -0.39 is 10.0 Å². The molecule has 0 bridgehead atoms. The summed E-state index contributed by atoms with van der Waals surface area (Å²) in [4.78, 5) is 0. The quantitative estimate of drug-likeness (QED) is 0.886. The zero-order valence-corrected chi connectivity index (χ0v) is 14.6. The predicted molar refractivity (Wildman–Crippen MR) is 94.1 cm³/mol. The van der Waals surface area contributed by atoms with Crippen molar-refractivity contribution in [3.63, 3.8) is 0 Å². The summed E-state index contributed by atoms with van der Waals surface area (Å²) >= 11 is 5.83. The van der Waals surface area contributed by atoms with Gasteiger partial charge in [0.15, 0.2) is 0 Å². The summed E-state index contributed by atoms with van der Waals surface area (Å²) in [5.41, 5.74) is 4.49. The highest BCUT2D eigenvalue weighted by Gasteiger charge is 2.18. The SMILES string of the molecule is C[C@@H](NS(=O)(=O)Cc1ccc(Cl)cc1)c1ccc2c(c1)CCC2. The van der Waals surface area contributed by atoms with E-state index in [4.69, 9.17) is 11.6 Å². The van der Waals surface area contributed by atoms with Crippen LogP contribution in [0.25, 0.3) is 0 Å². The van der Waals surface area contributed by atoms with Gasteiger partial charge in [0.05, 0.1) is 5.75 Å². The number of sulfonamides is 1. The van der Waals surface area contributed by atoms with Crippen LogP contribution in [0, 0.1) is 0 Å². The second kappa shape index (κ2) is 6.63. The van der Waals surface area contributed by atoms with Gasteiger partial charge in [-0.15, -0.1) is 0 Å². The summed E-state index contributed by atoms with van der Waals surface area (Å²) in [6.45, 7) is 1.89. The lowest BCUT2D eigenvalue weighted by molar-refractivity contribution is 0.566. The summed E-state index contributed by atoms with van der Waals surface area (Å²) in [6.07, 6.45) is 3.41. The van der Waals surface area contributed by atoms with Crippen LogP contribution in [0.5, 0.6) is 0 Å². The van der Waals surface area contributed by atoms with Gasteiger partial charge in [-0.25, -0.2) is 13.1 Å². The van der Waals surface area contributed by atoms with Crippen molar-refractivity contribution in [2.45, 2.75) is 38.0 Å². The Morgan fingerprint density at radius 1 is 1.09 bits per heavy atom. The fraction of sp³-hybridized carbons (Fsp3) is 0.333. The van der Waals surface area contributed by atoms with Crippen LogP contribution in [0.15, 0.2) is 42.5 Å². The number of halogens is 1. The molecule has 3 nitrogen and oxygen atoms in total. The molecular formula is C18H20ClNO2S. The maximum Gasteiger partial charge on any atom is 0.216 e. The lowest BCUT2D eigenvalue weighted by Gasteiger charge is -2.16. The molecule has 0 aromatic heterocycles. The number of hydrogen-bond acceptors (Lipinski definition) is 2. The molecule has 0 unspecified atom stereocenters. The largest absolute Gasteiger partial charge is 0.216 e. The van der Waals surface area contributed by atoms with Crippen molar-refractivity contribution in [2.24, 2.45) is 0 Å². The summed E-state index contributed by atoms with van der Waals surface area (Å²) in [5.74, 6) is -0.0422.